The van der Waals surface area contributed by atoms with Crippen LogP contribution in [0.4, 0.5) is 11.6 Å². The van der Waals surface area contributed by atoms with Crippen LogP contribution in [0.5, 0.6) is 0 Å². The van der Waals surface area contributed by atoms with E-state index in [4.69, 9.17) is 10.5 Å². The average Bonchev–Trinajstić information content (AvgIpc) is 3.27. The number of hydrogen-bond donors (Lipinski definition) is 2. The van der Waals surface area contributed by atoms with E-state index in [1.807, 2.05) is 25.7 Å². The molecule has 0 bridgehead atoms. The number of allylic oxidation sites excluding steroid dienone is 1. The topological polar surface area (TPSA) is 145 Å². The molecule has 0 spiro atoms. The number of anilines is 1. The van der Waals surface area contributed by atoms with Crippen molar-refractivity contribution in [3.63, 3.8) is 0 Å². The highest BCUT2D eigenvalue weighted by Crippen LogP contribution is 2.38. The summed E-state index contributed by atoms with van der Waals surface area (Å²) in [4.78, 5) is 24.3. The standard InChI is InChI=1S/C26H39N7O4S/c1-17-13-26(6,7)33(14-17)23-19(24(34)31-38(35,36)20-15-32(8)30-18(20)2)9-10-22(29-23)28-12-11-21(27)37-16-25(3,4)5/h9-12,15,17H,13-14,16,27H2,1-8H3,(H,31,34)/t17-/m0/s1. The van der Waals surface area contributed by atoms with Gasteiger partial charge in [0.15, 0.2) is 11.7 Å². The number of carbonyl (C=O) groups excluding carboxylic acids is 1. The third-order valence-corrected chi connectivity index (χ3v) is 7.47. The lowest BCUT2D eigenvalue weighted by Gasteiger charge is -2.33. The van der Waals surface area contributed by atoms with Gasteiger partial charge in [-0.1, -0.05) is 27.7 Å². The van der Waals surface area contributed by atoms with Gasteiger partial charge in [-0.25, -0.2) is 23.1 Å². The number of aryl methyl sites for hydroxylation is 2. The van der Waals surface area contributed by atoms with Gasteiger partial charge in [-0.05, 0) is 50.7 Å². The first kappa shape index (κ1) is 29.2. The predicted octanol–water partition coefficient (Wildman–Crippen LogP) is 3.43. The molecule has 0 aromatic carbocycles. The smallest absolute Gasteiger partial charge is 0.268 e. The van der Waals surface area contributed by atoms with E-state index in [2.05, 4.69) is 40.6 Å². The van der Waals surface area contributed by atoms with Crippen molar-refractivity contribution >= 4 is 33.8 Å². The molecule has 11 nitrogen and oxygen atoms in total. The van der Waals surface area contributed by atoms with Gasteiger partial charge in [-0.3, -0.25) is 9.48 Å². The Morgan fingerprint density at radius 3 is 2.58 bits per heavy atom. The molecule has 38 heavy (non-hydrogen) atoms. The Bertz CT molecular complexity index is 1350. The largest absolute Gasteiger partial charge is 0.479 e. The van der Waals surface area contributed by atoms with Gasteiger partial charge in [-0.2, -0.15) is 5.10 Å². The van der Waals surface area contributed by atoms with Gasteiger partial charge in [0.2, 0.25) is 0 Å². The normalized spacial score (nSPS) is 18.3. The minimum absolute atomic E-state index is 0.0364. The van der Waals surface area contributed by atoms with Gasteiger partial charge in [0.1, 0.15) is 10.7 Å². The molecule has 1 aliphatic heterocycles. The SMILES string of the molecule is Cc1nn(C)cc1S(=O)(=O)NC(=O)c1ccc(N=CC=C(N)OCC(C)(C)C)nc1N1C[C@@H](C)CC1(C)C. The van der Waals surface area contributed by atoms with Gasteiger partial charge < -0.3 is 15.4 Å². The third kappa shape index (κ3) is 7.12. The van der Waals surface area contributed by atoms with Crippen LogP contribution in [0.3, 0.4) is 0 Å². The Morgan fingerprint density at radius 1 is 1.34 bits per heavy atom. The molecule has 0 radical (unpaired) electrons. The summed E-state index contributed by atoms with van der Waals surface area (Å²) in [6, 6.07) is 3.10. The summed E-state index contributed by atoms with van der Waals surface area (Å²) in [5.41, 5.74) is 6.01. The molecule has 12 heteroatoms. The van der Waals surface area contributed by atoms with E-state index in [1.165, 1.54) is 23.2 Å². The number of nitrogens with two attached hydrogens (primary N) is 1. The summed E-state index contributed by atoms with van der Waals surface area (Å²) in [6.07, 6.45) is 5.27. The van der Waals surface area contributed by atoms with E-state index in [0.29, 0.717) is 36.4 Å². The zero-order chi connectivity index (χ0) is 28.5. The van der Waals surface area contributed by atoms with Crippen molar-refractivity contribution in [3.05, 3.63) is 41.5 Å². The number of hydrogen-bond acceptors (Lipinski definition) is 9. The summed E-state index contributed by atoms with van der Waals surface area (Å²) in [7, 11) is -2.53. The molecule has 3 rings (SSSR count). The summed E-state index contributed by atoms with van der Waals surface area (Å²) < 4.78 is 35.1. The Morgan fingerprint density at radius 2 is 2.03 bits per heavy atom. The van der Waals surface area contributed by atoms with Gasteiger partial charge >= 0.3 is 0 Å². The molecule has 1 saturated heterocycles. The second kappa shape index (κ2) is 10.8. The van der Waals surface area contributed by atoms with E-state index in [0.717, 1.165) is 6.42 Å². The van der Waals surface area contributed by atoms with Crippen molar-refractivity contribution in [2.75, 3.05) is 18.1 Å². The first-order valence-corrected chi connectivity index (χ1v) is 14.0. The zero-order valence-corrected chi connectivity index (χ0v) is 24.3. The molecule has 0 saturated carbocycles. The average molecular weight is 546 g/mol. The molecule has 0 aliphatic carbocycles. The van der Waals surface area contributed by atoms with Gasteiger partial charge in [0.05, 0.1) is 17.9 Å². The summed E-state index contributed by atoms with van der Waals surface area (Å²) in [6.45, 7) is 15.1. The molecule has 1 atom stereocenters. The molecule has 1 aliphatic rings. The quantitative estimate of drug-likeness (QED) is 0.379. The van der Waals surface area contributed by atoms with Crippen LogP contribution in [0.2, 0.25) is 0 Å². The zero-order valence-electron chi connectivity index (χ0n) is 23.4. The Balaban J connectivity index is 1.94. The van der Waals surface area contributed by atoms with Gasteiger partial charge in [0.25, 0.3) is 15.9 Å². The lowest BCUT2D eigenvalue weighted by molar-refractivity contribution is 0.0981. The molecule has 208 valence electrons. The molecule has 2 aromatic heterocycles. The molecule has 3 N–H and O–H groups in total. The highest BCUT2D eigenvalue weighted by atomic mass is 32.2. The molecule has 3 heterocycles. The number of carbonyl (C=O) groups is 1. The number of pyridine rings is 1. The van der Waals surface area contributed by atoms with Crippen LogP contribution in [0.1, 0.15) is 64.0 Å². The van der Waals surface area contributed by atoms with Crippen LogP contribution in [-0.4, -0.2) is 54.0 Å². The van der Waals surface area contributed by atoms with E-state index < -0.39 is 15.9 Å². The number of aliphatic imine (C=N–C) groups is 1. The van der Waals surface area contributed by atoms with Crippen LogP contribution in [0.25, 0.3) is 0 Å². The highest BCUT2D eigenvalue weighted by molar-refractivity contribution is 7.90. The number of sulfonamides is 1. The number of nitrogens with one attached hydrogen (secondary N) is 1. The molecular weight excluding hydrogens is 506 g/mol. The van der Waals surface area contributed by atoms with Crippen molar-refractivity contribution < 1.29 is 17.9 Å². The number of nitrogens with zero attached hydrogens (tertiary/aromatic N) is 5. The maximum atomic E-state index is 13.3. The van der Waals surface area contributed by atoms with Crippen molar-refractivity contribution in [2.45, 2.75) is 65.3 Å². The number of aromatic nitrogens is 3. The van der Waals surface area contributed by atoms with Crippen molar-refractivity contribution in [3.8, 4) is 0 Å². The minimum Gasteiger partial charge on any atom is -0.479 e. The summed E-state index contributed by atoms with van der Waals surface area (Å²) >= 11 is 0. The van der Waals surface area contributed by atoms with Gasteiger partial charge in [-0.15, -0.1) is 0 Å². The fraction of sp³-hybridized carbons (Fsp3) is 0.538. The van der Waals surface area contributed by atoms with Crippen molar-refractivity contribution in [1.29, 1.82) is 0 Å². The number of amides is 1. The first-order chi connectivity index (χ1) is 17.5. The van der Waals surface area contributed by atoms with Crippen molar-refractivity contribution in [1.82, 2.24) is 19.5 Å². The Hall–Kier alpha value is -3.41. The molecule has 0 unspecified atom stereocenters. The lowest BCUT2D eigenvalue weighted by Crippen LogP contribution is -2.41. The summed E-state index contributed by atoms with van der Waals surface area (Å²) in [5, 5.41) is 4.07. The lowest BCUT2D eigenvalue weighted by atomic mass is 9.97. The van der Waals surface area contributed by atoms with Crippen LogP contribution >= 0.6 is 0 Å². The number of rotatable bonds is 8. The Kier molecular flexibility index (Phi) is 8.25. The number of ether oxygens (including phenoxy) is 1. The Labute approximate surface area is 225 Å². The van der Waals surface area contributed by atoms with Crippen LogP contribution in [0, 0.1) is 18.3 Å². The highest BCUT2D eigenvalue weighted by Gasteiger charge is 2.39. The van der Waals surface area contributed by atoms with Crippen LogP contribution in [0.15, 0.2) is 40.2 Å². The molecule has 2 aromatic rings. The summed E-state index contributed by atoms with van der Waals surface area (Å²) in [5.74, 6) is 0.522. The first-order valence-electron chi connectivity index (χ1n) is 12.5. The maximum absolute atomic E-state index is 13.3. The molecular formula is C26H39N7O4S. The fourth-order valence-electron chi connectivity index (χ4n) is 4.46. The van der Waals surface area contributed by atoms with Crippen LogP contribution in [-0.2, 0) is 21.8 Å². The third-order valence-electron chi connectivity index (χ3n) is 6.04. The van der Waals surface area contributed by atoms with Crippen molar-refractivity contribution in [2.24, 2.45) is 29.1 Å². The fourth-order valence-corrected chi connectivity index (χ4v) is 5.65. The molecule has 1 amide bonds. The second-order valence-electron chi connectivity index (χ2n) is 11.7. The molecule has 1 fully saturated rings. The maximum Gasteiger partial charge on any atom is 0.268 e. The minimum atomic E-state index is -4.14. The van der Waals surface area contributed by atoms with E-state index >= 15 is 0 Å². The van der Waals surface area contributed by atoms with Gasteiger partial charge in [0, 0.05) is 37.6 Å². The van der Waals surface area contributed by atoms with E-state index in [-0.39, 0.29) is 27.3 Å². The second-order valence-corrected chi connectivity index (χ2v) is 13.3. The van der Waals surface area contributed by atoms with E-state index in [1.54, 1.807) is 26.1 Å². The van der Waals surface area contributed by atoms with E-state index in [9.17, 15) is 13.2 Å². The predicted molar refractivity (Wildman–Crippen MR) is 148 cm³/mol. The van der Waals surface area contributed by atoms with Crippen LogP contribution < -0.4 is 15.4 Å². The monoisotopic (exact) mass is 545 g/mol.